The maximum absolute atomic E-state index is 13.4. The first kappa shape index (κ1) is 13.0. The Bertz CT molecular complexity index is 359. The van der Waals surface area contributed by atoms with Gasteiger partial charge >= 0.3 is 0 Å². The molecular weight excluding hydrogens is 281 g/mol. The van der Waals surface area contributed by atoms with E-state index in [-0.39, 0.29) is 5.82 Å². The molecule has 0 saturated carbocycles. The molecule has 0 aromatic heterocycles. The van der Waals surface area contributed by atoms with Crippen LogP contribution >= 0.6 is 15.9 Å². The lowest BCUT2D eigenvalue weighted by Crippen LogP contribution is -2.27. The highest BCUT2D eigenvalue weighted by atomic mass is 79.9. The van der Waals surface area contributed by atoms with E-state index >= 15 is 0 Å². The van der Waals surface area contributed by atoms with Crippen LogP contribution in [0.3, 0.4) is 0 Å². The van der Waals surface area contributed by atoms with Gasteiger partial charge in [-0.1, -0.05) is 31.4 Å². The topological polar surface area (TPSA) is 3.24 Å². The van der Waals surface area contributed by atoms with Crippen LogP contribution in [0.5, 0.6) is 0 Å². The lowest BCUT2D eigenvalue weighted by molar-refractivity contribution is 0.239. The van der Waals surface area contributed by atoms with Crippen molar-refractivity contribution in [2.75, 3.05) is 13.1 Å². The van der Waals surface area contributed by atoms with Crippen molar-refractivity contribution in [2.45, 2.75) is 38.6 Å². The summed E-state index contributed by atoms with van der Waals surface area (Å²) >= 11 is 3.34. The van der Waals surface area contributed by atoms with Gasteiger partial charge in [-0.15, -0.1) is 0 Å². The number of likely N-dealkylation sites (tertiary alicyclic amines) is 1. The first-order valence-electron chi connectivity index (χ1n) is 6.42. The molecule has 1 aromatic carbocycles. The second-order valence-electron chi connectivity index (χ2n) is 4.76. The zero-order valence-corrected chi connectivity index (χ0v) is 11.7. The second kappa shape index (κ2) is 6.50. The molecule has 1 heterocycles. The standard InChI is InChI=1S/C14H19BrFN/c15-14-12(7-6-8-13(14)16)11-17-9-4-2-1-3-5-10-17/h6-8H,1-5,9-11H2. The molecule has 94 valence electrons. The van der Waals surface area contributed by atoms with Gasteiger partial charge in [-0.2, -0.15) is 0 Å². The summed E-state index contributed by atoms with van der Waals surface area (Å²) in [5, 5.41) is 0. The van der Waals surface area contributed by atoms with Crippen molar-refractivity contribution < 1.29 is 4.39 Å². The SMILES string of the molecule is Fc1cccc(CN2CCCCCCC2)c1Br. The third kappa shape index (κ3) is 3.78. The van der Waals surface area contributed by atoms with E-state index in [2.05, 4.69) is 20.8 Å². The fraction of sp³-hybridized carbons (Fsp3) is 0.571. The van der Waals surface area contributed by atoms with E-state index in [1.54, 1.807) is 6.07 Å². The number of nitrogens with zero attached hydrogens (tertiary/aromatic N) is 1. The van der Waals surface area contributed by atoms with Crippen LogP contribution in [-0.4, -0.2) is 18.0 Å². The minimum absolute atomic E-state index is 0.158. The molecule has 0 spiro atoms. The molecule has 0 aliphatic carbocycles. The van der Waals surface area contributed by atoms with Crippen LogP contribution in [0, 0.1) is 5.82 Å². The Hall–Kier alpha value is -0.410. The number of halogens is 2. The Morgan fingerprint density at radius 2 is 1.71 bits per heavy atom. The summed E-state index contributed by atoms with van der Waals surface area (Å²) in [5.41, 5.74) is 1.06. The molecule has 0 unspecified atom stereocenters. The van der Waals surface area contributed by atoms with Gasteiger partial charge in [-0.25, -0.2) is 4.39 Å². The fourth-order valence-corrected chi connectivity index (χ4v) is 2.77. The van der Waals surface area contributed by atoms with Crippen molar-refractivity contribution in [1.82, 2.24) is 4.90 Å². The minimum atomic E-state index is -0.158. The molecule has 0 atom stereocenters. The molecule has 1 saturated heterocycles. The highest BCUT2D eigenvalue weighted by molar-refractivity contribution is 9.10. The van der Waals surface area contributed by atoms with Gasteiger partial charge in [-0.05, 0) is 53.5 Å². The summed E-state index contributed by atoms with van der Waals surface area (Å²) in [6.07, 6.45) is 6.58. The van der Waals surface area contributed by atoms with Crippen LogP contribution in [-0.2, 0) is 6.54 Å². The lowest BCUT2D eigenvalue weighted by Gasteiger charge is -2.25. The molecule has 1 nitrogen and oxygen atoms in total. The molecule has 1 aromatic rings. The van der Waals surface area contributed by atoms with E-state index in [0.717, 1.165) is 25.2 Å². The molecule has 1 aliphatic heterocycles. The molecule has 0 bridgehead atoms. The summed E-state index contributed by atoms with van der Waals surface area (Å²) in [6.45, 7) is 3.14. The Morgan fingerprint density at radius 3 is 2.41 bits per heavy atom. The van der Waals surface area contributed by atoms with Crippen LogP contribution in [0.1, 0.15) is 37.7 Å². The predicted octanol–water partition coefficient (Wildman–Crippen LogP) is 4.35. The van der Waals surface area contributed by atoms with E-state index in [0.29, 0.717) is 4.47 Å². The smallest absolute Gasteiger partial charge is 0.137 e. The van der Waals surface area contributed by atoms with Crippen molar-refractivity contribution in [2.24, 2.45) is 0 Å². The van der Waals surface area contributed by atoms with Crippen molar-refractivity contribution in [3.63, 3.8) is 0 Å². The summed E-state index contributed by atoms with van der Waals surface area (Å²) < 4.78 is 14.0. The van der Waals surface area contributed by atoms with Gasteiger partial charge < -0.3 is 0 Å². The number of hydrogen-bond donors (Lipinski definition) is 0. The van der Waals surface area contributed by atoms with Crippen LogP contribution in [0.2, 0.25) is 0 Å². The lowest BCUT2D eigenvalue weighted by atomic mass is 10.1. The Kier molecular flexibility index (Phi) is 4.99. The van der Waals surface area contributed by atoms with Crippen molar-refractivity contribution in [3.8, 4) is 0 Å². The van der Waals surface area contributed by atoms with Gasteiger partial charge in [0.15, 0.2) is 0 Å². The fourth-order valence-electron chi connectivity index (χ4n) is 2.38. The molecule has 3 heteroatoms. The third-order valence-electron chi connectivity index (χ3n) is 3.37. The average Bonchev–Trinajstić information content (AvgIpc) is 2.28. The molecule has 0 N–H and O–H groups in total. The first-order valence-corrected chi connectivity index (χ1v) is 7.22. The Balaban J connectivity index is 2.00. The first-order chi connectivity index (χ1) is 8.27. The van der Waals surface area contributed by atoms with Crippen molar-refractivity contribution in [3.05, 3.63) is 34.1 Å². The number of benzene rings is 1. The van der Waals surface area contributed by atoms with Gasteiger partial charge in [0.1, 0.15) is 5.82 Å². The van der Waals surface area contributed by atoms with Gasteiger partial charge in [0, 0.05) is 6.54 Å². The zero-order chi connectivity index (χ0) is 12.1. The predicted molar refractivity (Wildman–Crippen MR) is 72.5 cm³/mol. The molecule has 2 rings (SSSR count). The maximum atomic E-state index is 13.4. The average molecular weight is 300 g/mol. The third-order valence-corrected chi connectivity index (χ3v) is 4.26. The zero-order valence-electron chi connectivity index (χ0n) is 10.1. The molecule has 0 amide bonds. The Labute approximate surface area is 111 Å². The summed E-state index contributed by atoms with van der Waals surface area (Å²) in [4.78, 5) is 2.44. The molecule has 0 radical (unpaired) electrons. The van der Waals surface area contributed by atoms with E-state index in [1.807, 2.05) is 6.07 Å². The van der Waals surface area contributed by atoms with Gasteiger partial charge in [0.25, 0.3) is 0 Å². The van der Waals surface area contributed by atoms with Gasteiger partial charge in [0.2, 0.25) is 0 Å². The summed E-state index contributed by atoms with van der Waals surface area (Å²) in [6, 6.07) is 5.30. The monoisotopic (exact) mass is 299 g/mol. The molecular formula is C14H19BrFN. The van der Waals surface area contributed by atoms with Crippen molar-refractivity contribution in [1.29, 1.82) is 0 Å². The number of hydrogen-bond acceptors (Lipinski definition) is 1. The Morgan fingerprint density at radius 1 is 1.06 bits per heavy atom. The molecule has 1 fully saturated rings. The molecule has 17 heavy (non-hydrogen) atoms. The van der Waals surface area contributed by atoms with Crippen LogP contribution in [0.4, 0.5) is 4.39 Å². The van der Waals surface area contributed by atoms with Gasteiger partial charge in [0.05, 0.1) is 4.47 Å². The van der Waals surface area contributed by atoms with E-state index in [9.17, 15) is 4.39 Å². The highest BCUT2D eigenvalue weighted by Crippen LogP contribution is 2.22. The summed E-state index contributed by atoms with van der Waals surface area (Å²) in [5.74, 6) is -0.158. The van der Waals surface area contributed by atoms with E-state index in [4.69, 9.17) is 0 Å². The highest BCUT2D eigenvalue weighted by Gasteiger charge is 2.11. The molecule has 1 aliphatic rings. The normalized spacial score (nSPS) is 18.7. The van der Waals surface area contributed by atoms with Crippen LogP contribution in [0.25, 0.3) is 0 Å². The maximum Gasteiger partial charge on any atom is 0.137 e. The number of rotatable bonds is 2. The quantitative estimate of drug-likeness (QED) is 0.784. The summed E-state index contributed by atoms with van der Waals surface area (Å²) in [7, 11) is 0. The van der Waals surface area contributed by atoms with E-state index < -0.39 is 0 Å². The second-order valence-corrected chi connectivity index (χ2v) is 5.55. The van der Waals surface area contributed by atoms with E-state index in [1.165, 1.54) is 38.2 Å². The van der Waals surface area contributed by atoms with Crippen LogP contribution in [0.15, 0.2) is 22.7 Å². The minimum Gasteiger partial charge on any atom is -0.299 e. The van der Waals surface area contributed by atoms with Gasteiger partial charge in [-0.3, -0.25) is 4.90 Å². The largest absolute Gasteiger partial charge is 0.299 e. The van der Waals surface area contributed by atoms with Crippen molar-refractivity contribution >= 4 is 15.9 Å². The van der Waals surface area contributed by atoms with Crippen LogP contribution < -0.4 is 0 Å².